The Balaban J connectivity index is 2.14. The summed E-state index contributed by atoms with van der Waals surface area (Å²) in [5.74, 6) is 0. The lowest BCUT2D eigenvalue weighted by molar-refractivity contribution is -0.197. The molecule has 0 aliphatic heterocycles. The maximum Gasteiger partial charge on any atom is 0.0535 e. The minimum atomic E-state index is -0.268. The van der Waals surface area contributed by atoms with Crippen molar-refractivity contribution >= 4 is 11.6 Å². The van der Waals surface area contributed by atoms with E-state index >= 15 is 0 Å². The lowest BCUT2D eigenvalue weighted by atomic mass is 10.1. The Morgan fingerprint density at radius 1 is 1.17 bits per heavy atom. The molecule has 102 valence electrons. The first-order valence-corrected chi connectivity index (χ1v) is 6.74. The third-order valence-corrected chi connectivity index (χ3v) is 2.95. The van der Waals surface area contributed by atoms with Crippen molar-refractivity contribution < 1.29 is 5.21 Å². The van der Waals surface area contributed by atoms with Crippen LogP contribution in [0, 0.1) is 0 Å². The molecule has 0 radical (unpaired) electrons. The average molecular weight is 271 g/mol. The van der Waals surface area contributed by atoms with Crippen molar-refractivity contribution in [3.05, 3.63) is 34.9 Å². The van der Waals surface area contributed by atoms with Gasteiger partial charge in [-0.3, -0.25) is 5.21 Å². The van der Waals surface area contributed by atoms with Crippen molar-refractivity contribution in [1.29, 1.82) is 0 Å². The summed E-state index contributed by atoms with van der Waals surface area (Å²) in [6.07, 6.45) is 3.15. The Kier molecular flexibility index (Phi) is 6.09. The van der Waals surface area contributed by atoms with Crippen LogP contribution in [0.5, 0.6) is 0 Å². The first-order chi connectivity index (χ1) is 8.39. The molecule has 1 aromatic carbocycles. The Morgan fingerprint density at radius 2 is 1.78 bits per heavy atom. The van der Waals surface area contributed by atoms with Crippen LogP contribution in [0.1, 0.15) is 39.2 Å². The first kappa shape index (κ1) is 15.4. The summed E-state index contributed by atoms with van der Waals surface area (Å²) in [6.45, 7) is 6.64. The predicted octanol–water partition coefficient (Wildman–Crippen LogP) is 3.66. The fourth-order valence-electron chi connectivity index (χ4n) is 1.53. The zero-order valence-corrected chi connectivity index (χ0v) is 12.2. The van der Waals surface area contributed by atoms with Gasteiger partial charge in [-0.1, -0.05) is 23.7 Å². The zero-order chi connectivity index (χ0) is 13.6. The molecule has 0 amide bonds. The second-order valence-corrected chi connectivity index (χ2v) is 5.91. The molecule has 0 aliphatic carbocycles. The minimum absolute atomic E-state index is 0.268. The number of hydrogen-bond acceptors (Lipinski definition) is 3. The molecule has 0 saturated heterocycles. The second-order valence-electron chi connectivity index (χ2n) is 5.47. The summed E-state index contributed by atoms with van der Waals surface area (Å²) in [7, 11) is 0. The third kappa shape index (κ3) is 5.83. The van der Waals surface area contributed by atoms with Crippen molar-refractivity contribution in [2.45, 2.75) is 45.6 Å². The van der Waals surface area contributed by atoms with E-state index in [1.807, 2.05) is 32.9 Å². The largest absolute Gasteiger partial charge is 0.299 e. The molecular weight excluding hydrogens is 248 g/mol. The molecule has 0 fully saturated rings. The van der Waals surface area contributed by atoms with Gasteiger partial charge in [0.1, 0.15) is 0 Å². The van der Waals surface area contributed by atoms with Gasteiger partial charge in [0.25, 0.3) is 0 Å². The van der Waals surface area contributed by atoms with Gasteiger partial charge in [-0.25, -0.2) is 5.43 Å². The molecule has 1 rings (SSSR count). The lowest BCUT2D eigenvalue weighted by Gasteiger charge is -2.29. The first-order valence-electron chi connectivity index (χ1n) is 6.36. The maximum atomic E-state index is 9.64. The number of aryl methyl sites for hydroxylation is 1. The fraction of sp³-hybridized carbons (Fsp3) is 0.571. The van der Waals surface area contributed by atoms with Gasteiger partial charge in [0.15, 0.2) is 0 Å². The van der Waals surface area contributed by atoms with E-state index in [0.29, 0.717) is 0 Å². The molecular formula is C14H23ClN2O. The van der Waals surface area contributed by atoms with E-state index in [1.165, 1.54) is 10.7 Å². The van der Waals surface area contributed by atoms with E-state index in [2.05, 4.69) is 17.6 Å². The molecule has 2 N–H and O–H groups in total. The highest BCUT2D eigenvalue weighted by atomic mass is 35.5. The van der Waals surface area contributed by atoms with Crippen LogP contribution in [0.15, 0.2) is 24.3 Å². The maximum absolute atomic E-state index is 9.64. The summed E-state index contributed by atoms with van der Waals surface area (Å²) in [6, 6.07) is 7.96. The normalized spacial score (nSPS) is 12.1. The number of nitrogens with zero attached hydrogens (tertiary/aromatic N) is 1. The molecule has 0 saturated carbocycles. The van der Waals surface area contributed by atoms with Crippen LogP contribution < -0.4 is 5.43 Å². The fourth-order valence-corrected chi connectivity index (χ4v) is 1.65. The SMILES string of the molecule is CC(C)(C)N(O)NCCCCc1ccc(Cl)cc1. The van der Waals surface area contributed by atoms with Crippen molar-refractivity contribution in [2.75, 3.05) is 6.54 Å². The number of unbranched alkanes of at least 4 members (excludes halogenated alkanes) is 1. The standard InChI is InChI=1S/C14H23ClN2O/c1-14(2,3)17(18)16-11-5-4-6-12-7-9-13(15)10-8-12/h7-10,16,18H,4-6,11H2,1-3H3. The number of halogens is 1. The van der Waals surface area contributed by atoms with Crippen molar-refractivity contribution in [3.8, 4) is 0 Å². The number of hydroxylamine groups is 1. The topological polar surface area (TPSA) is 35.5 Å². The van der Waals surface area contributed by atoms with Crippen molar-refractivity contribution in [1.82, 2.24) is 10.6 Å². The number of nitrogens with one attached hydrogen (secondary N) is 1. The van der Waals surface area contributed by atoms with E-state index in [0.717, 1.165) is 30.8 Å². The lowest BCUT2D eigenvalue weighted by Crippen LogP contribution is -2.48. The number of hydrogen-bond donors (Lipinski definition) is 2. The monoisotopic (exact) mass is 270 g/mol. The molecule has 0 spiro atoms. The molecule has 0 heterocycles. The van der Waals surface area contributed by atoms with Gasteiger partial charge < -0.3 is 0 Å². The molecule has 3 nitrogen and oxygen atoms in total. The van der Waals surface area contributed by atoms with Crippen molar-refractivity contribution in [3.63, 3.8) is 0 Å². The molecule has 0 aromatic heterocycles. The highest BCUT2D eigenvalue weighted by Gasteiger charge is 2.18. The quantitative estimate of drug-likeness (QED) is 0.612. The highest BCUT2D eigenvalue weighted by molar-refractivity contribution is 6.30. The number of hydrazine groups is 1. The van der Waals surface area contributed by atoms with Crippen LogP contribution in [-0.4, -0.2) is 22.5 Å². The summed E-state index contributed by atoms with van der Waals surface area (Å²) in [5, 5.41) is 11.6. The van der Waals surface area contributed by atoms with Crippen LogP contribution in [0.2, 0.25) is 5.02 Å². The molecule has 0 aliphatic rings. The van der Waals surface area contributed by atoms with Gasteiger partial charge in [-0.2, -0.15) is 0 Å². The number of benzene rings is 1. The molecule has 4 heteroatoms. The van der Waals surface area contributed by atoms with E-state index in [9.17, 15) is 5.21 Å². The molecule has 1 aromatic rings. The highest BCUT2D eigenvalue weighted by Crippen LogP contribution is 2.11. The van der Waals surface area contributed by atoms with E-state index < -0.39 is 0 Å². The molecule has 0 unspecified atom stereocenters. The predicted molar refractivity (Wildman–Crippen MR) is 75.8 cm³/mol. The summed E-state index contributed by atoms with van der Waals surface area (Å²) in [5.41, 5.74) is 4.02. The van der Waals surface area contributed by atoms with E-state index in [1.54, 1.807) is 0 Å². The Labute approximate surface area is 115 Å². The van der Waals surface area contributed by atoms with Gasteiger partial charge in [-0.15, -0.1) is 5.17 Å². The average Bonchev–Trinajstić information content (AvgIpc) is 2.29. The van der Waals surface area contributed by atoms with Crippen LogP contribution in [-0.2, 0) is 6.42 Å². The molecule has 0 atom stereocenters. The van der Waals surface area contributed by atoms with Gasteiger partial charge in [0.2, 0.25) is 0 Å². The van der Waals surface area contributed by atoms with Crippen LogP contribution in [0.4, 0.5) is 0 Å². The van der Waals surface area contributed by atoms with E-state index in [-0.39, 0.29) is 5.54 Å². The zero-order valence-electron chi connectivity index (χ0n) is 11.4. The summed E-state index contributed by atoms with van der Waals surface area (Å²) in [4.78, 5) is 0. The van der Waals surface area contributed by atoms with Crippen LogP contribution in [0.3, 0.4) is 0 Å². The van der Waals surface area contributed by atoms with Gasteiger partial charge in [0, 0.05) is 11.6 Å². The summed E-state index contributed by atoms with van der Waals surface area (Å²) < 4.78 is 0. The Hall–Kier alpha value is -0.610. The van der Waals surface area contributed by atoms with Crippen LogP contribution >= 0.6 is 11.6 Å². The molecule has 18 heavy (non-hydrogen) atoms. The van der Waals surface area contributed by atoms with E-state index in [4.69, 9.17) is 11.6 Å². The smallest absolute Gasteiger partial charge is 0.0535 e. The van der Waals surface area contributed by atoms with Crippen LogP contribution in [0.25, 0.3) is 0 Å². The van der Waals surface area contributed by atoms with Crippen molar-refractivity contribution in [2.24, 2.45) is 0 Å². The Bertz CT molecular complexity index is 346. The van der Waals surface area contributed by atoms with Gasteiger partial charge >= 0.3 is 0 Å². The third-order valence-electron chi connectivity index (χ3n) is 2.70. The minimum Gasteiger partial charge on any atom is -0.299 e. The number of rotatable bonds is 6. The molecule has 0 bridgehead atoms. The Morgan fingerprint density at radius 3 is 2.33 bits per heavy atom. The summed E-state index contributed by atoms with van der Waals surface area (Å²) >= 11 is 5.83. The van der Waals surface area contributed by atoms with Gasteiger partial charge in [-0.05, 0) is 57.7 Å². The second kappa shape index (κ2) is 7.10. The van der Waals surface area contributed by atoms with Gasteiger partial charge in [0.05, 0.1) is 5.54 Å².